The molecule has 2 unspecified atom stereocenters. The highest BCUT2D eigenvalue weighted by molar-refractivity contribution is 5.65. The summed E-state index contributed by atoms with van der Waals surface area (Å²) in [6.45, 7) is 4.08. The highest BCUT2D eigenvalue weighted by Crippen LogP contribution is 2.33. The van der Waals surface area contributed by atoms with Crippen LogP contribution in [0.3, 0.4) is 0 Å². The lowest BCUT2D eigenvalue weighted by atomic mass is 9.94. The molecule has 2 aromatic carbocycles. The van der Waals surface area contributed by atoms with Crippen LogP contribution in [0.15, 0.2) is 48.8 Å². The van der Waals surface area contributed by atoms with Gasteiger partial charge < -0.3 is 4.74 Å². The van der Waals surface area contributed by atoms with E-state index in [4.69, 9.17) is 4.74 Å². The third-order valence-corrected chi connectivity index (χ3v) is 5.92. The Labute approximate surface area is 184 Å². The Morgan fingerprint density at radius 1 is 1.03 bits per heavy atom. The van der Waals surface area contributed by atoms with Crippen molar-refractivity contribution in [1.82, 2.24) is 9.97 Å². The summed E-state index contributed by atoms with van der Waals surface area (Å²) in [5.41, 5.74) is 3.94. The van der Waals surface area contributed by atoms with Crippen LogP contribution >= 0.6 is 0 Å². The zero-order valence-corrected chi connectivity index (χ0v) is 17.9. The largest absolute Gasteiger partial charge is 0.414 e. The van der Waals surface area contributed by atoms with Crippen LogP contribution in [0.5, 0.6) is 0 Å². The monoisotopic (exact) mass is 444 g/mol. The van der Waals surface area contributed by atoms with E-state index in [9.17, 15) is 17.6 Å². The Balaban J connectivity index is 1.54. The quantitative estimate of drug-likeness (QED) is 0.404. The van der Waals surface area contributed by atoms with Crippen LogP contribution in [0.1, 0.15) is 49.3 Å². The average Bonchev–Trinajstić information content (AvgIpc) is 2.78. The Morgan fingerprint density at radius 2 is 1.78 bits per heavy atom. The van der Waals surface area contributed by atoms with E-state index in [1.54, 1.807) is 42.7 Å². The van der Waals surface area contributed by atoms with Crippen LogP contribution in [-0.4, -0.2) is 22.2 Å². The van der Waals surface area contributed by atoms with Gasteiger partial charge in [0.2, 0.25) is 0 Å². The zero-order chi connectivity index (χ0) is 22.9. The molecule has 1 aromatic heterocycles. The van der Waals surface area contributed by atoms with E-state index >= 15 is 0 Å². The molecule has 0 radical (unpaired) electrons. The van der Waals surface area contributed by atoms with E-state index in [0.29, 0.717) is 39.6 Å². The van der Waals surface area contributed by atoms with E-state index < -0.39 is 12.3 Å². The molecule has 0 saturated carbocycles. The van der Waals surface area contributed by atoms with Gasteiger partial charge in [0.05, 0.1) is 6.61 Å². The number of hydrogen-bond donors (Lipinski definition) is 0. The summed E-state index contributed by atoms with van der Waals surface area (Å²) in [4.78, 5) is 8.72. The number of nitrogens with zero attached hydrogens (tertiary/aromatic N) is 2. The van der Waals surface area contributed by atoms with Crippen LogP contribution in [-0.2, 0) is 17.8 Å². The van der Waals surface area contributed by atoms with E-state index in [2.05, 4.69) is 23.8 Å². The van der Waals surface area contributed by atoms with E-state index in [0.717, 1.165) is 18.4 Å². The molecule has 0 fully saturated rings. The standard InChI is InChI=1S/C25H24F4N2O/c1-3-4-15(2)16-7-8-21(22(26)10-16)20-12-30-24(31-13-20)18-6-5-17-11-23(25(27,28)29)32-14-19(17)9-18/h5-10,12-13,15,23H,3-4,11,14H2,1-2H3. The lowest BCUT2D eigenvalue weighted by Gasteiger charge is -2.27. The summed E-state index contributed by atoms with van der Waals surface area (Å²) in [5, 5.41) is 0. The summed E-state index contributed by atoms with van der Waals surface area (Å²) in [6, 6.07) is 10.4. The molecule has 7 heteroatoms. The summed E-state index contributed by atoms with van der Waals surface area (Å²) in [5.74, 6) is 0.400. The summed E-state index contributed by atoms with van der Waals surface area (Å²) in [6.07, 6.45) is -1.20. The van der Waals surface area contributed by atoms with Crippen molar-refractivity contribution < 1.29 is 22.3 Å². The maximum Gasteiger partial charge on any atom is 0.414 e. The molecule has 1 aliphatic rings. The Bertz CT molecular complexity index is 1100. The van der Waals surface area contributed by atoms with Crippen molar-refractivity contribution in [1.29, 1.82) is 0 Å². The minimum Gasteiger partial charge on any atom is -0.364 e. The number of fused-ring (bicyclic) bond motifs is 1. The van der Waals surface area contributed by atoms with Gasteiger partial charge in [0.25, 0.3) is 0 Å². The fourth-order valence-corrected chi connectivity index (χ4v) is 4.05. The molecule has 2 atom stereocenters. The van der Waals surface area contributed by atoms with Crippen LogP contribution < -0.4 is 0 Å². The van der Waals surface area contributed by atoms with Gasteiger partial charge in [-0.25, -0.2) is 14.4 Å². The third kappa shape index (κ3) is 4.67. The second kappa shape index (κ2) is 8.98. The minimum atomic E-state index is -4.38. The van der Waals surface area contributed by atoms with E-state index in [1.807, 2.05) is 6.07 Å². The normalized spacial score (nSPS) is 17.1. The summed E-state index contributed by atoms with van der Waals surface area (Å²) < 4.78 is 58.4. The lowest BCUT2D eigenvalue weighted by Crippen LogP contribution is -2.36. The molecule has 0 N–H and O–H groups in total. The highest BCUT2D eigenvalue weighted by atomic mass is 19.4. The van der Waals surface area contributed by atoms with Gasteiger partial charge in [-0.1, -0.05) is 44.5 Å². The van der Waals surface area contributed by atoms with Crippen molar-refractivity contribution in [2.24, 2.45) is 0 Å². The average molecular weight is 444 g/mol. The van der Waals surface area contributed by atoms with Crippen LogP contribution in [0, 0.1) is 5.82 Å². The number of halogens is 4. The first-order valence-electron chi connectivity index (χ1n) is 10.7. The molecule has 168 valence electrons. The zero-order valence-electron chi connectivity index (χ0n) is 17.9. The van der Waals surface area contributed by atoms with Gasteiger partial charge in [0.1, 0.15) is 5.82 Å². The Morgan fingerprint density at radius 3 is 2.44 bits per heavy atom. The van der Waals surface area contributed by atoms with Gasteiger partial charge in [-0.15, -0.1) is 0 Å². The van der Waals surface area contributed by atoms with Crippen molar-refractivity contribution >= 4 is 0 Å². The van der Waals surface area contributed by atoms with Gasteiger partial charge in [-0.3, -0.25) is 0 Å². The molecule has 0 aliphatic carbocycles. The molecular weight excluding hydrogens is 420 g/mol. The maximum atomic E-state index is 14.7. The molecule has 2 heterocycles. The molecular formula is C25H24F4N2O. The molecule has 1 aliphatic heterocycles. The van der Waals surface area contributed by atoms with Crippen LogP contribution in [0.2, 0.25) is 0 Å². The second-order valence-corrected chi connectivity index (χ2v) is 8.25. The van der Waals surface area contributed by atoms with Gasteiger partial charge in [-0.2, -0.15) is 13.2 Å². The minimum absolute atomic E-state index is 0.112. The fourth-order valence-electron chi connectivity index (χ4n) is 4.05. The van der Waals surface area contributed by atoms with Crippen LogP contribution in [0.25, 0.3) is 22.5 Å². The molecule has 3 nitrogen and oxygen atoms in total. The predicted molar refractivity (Wildman–Crippen MR) is 115 cm³/mol. The SMILES string of the molecule is CCCC(C)c1ccc(-c2cnc(-c3ccc4c(c3)COC(C(F)(F)F)C4)nc2)c(F)c1. The van der Waals surface area contributed by atoms with Crippen molar-refractivity contribution in [3.05, 3.63) is 71.3 Å². The van der Waals surface area contributed by atoms with Crippen molar-refractivity contribution in [3.63, 3.8) is 0 Å². The highest BCUT2D eigenvalue weighted by Gasteiger charge is 2.42. The third-order valence-electron chi connectivity index (χ3n) is 5.92. The number of alkyl halides is 3. The topological polar surface area (TPSA) is 35.0 Å². The Kier molecular flexibility index (Phi) is 6.29. The number of aromatic nitrogens is 2. The lowest BCUT2D eigenvalue weighted by molar-refractivity contribution is -0.226. The molecule has 3 aromatic rings. The summed E-state index contributed by atoms with van der Waals surface area (Å²) in [7, 11) is 0. The first-order valence-corrected chi connectivity index (χ1v) is 10.7. The van der Waals surface area contributed by atoms with Gasteiger partial charge in [0.15, 0.2) is 11.9 Å². The first-order chi connectivity index (χ1) is 15.3. The number of ether oxygens (including phenoxy) is 1. The van der Waals surface area contributed by atoms with E-state index in [1.165, 1.54) is 0 Å². The number of benzene rings is 2. The smallest absolute Gasteiger partial charge is 0.364 e. The molecule has 32 heavy (non-hydrogen) atoms. The predicted octanol–water partition coefficient (Wildman–Crippen LogP) is 6.86. The van der Waals surface area contributed by atoms with Gasteiger partial charge in [-0.05, 0) is 41.2 Å². The molecule has 0 spiro atoms. The molecule has 0 bridgehead atoms. The van der Waals surface area contributed by atoms with Gasteiger partial charge in [0, 0.05) is 35.5 Å². The second-order valence-electron chi connectivity index (χ2n) is 8.25. The molecule has 0 amide bonds. The van der Waals surface area contributed by atoms with Crippen LogP contribution in [0.4, 0.5) is 17.6 Å². The van der Waals surface area contributed by atoms with E-state index in [-0.39, 0.29) is 18.8 Å². The summed E-state index contributed by atoms with van der Waals surface area (Å²) >= 11 is 0. The molecule has 4 rings (SSSR count). The van der Waals surface area contributed by atoms with Crippen molar-refractivity contribution in [2.75, 3.05) is 0 Å². The fraction of sp³-hybridized carbons (Fsp3) is 0.360. The van der Waals surface area contributed by atoms with Crippen molar-refractivity contribution in [2.45, 2.75) is 57.9 Å². The number of rotatable bonds is 5. The molecule has 0 saturated heterocycles. The van der Waals surface area contributed by atoms with Gasteiger partial charge >= 0.3 is 6.18 Å². The van der Waals surface area contributed by atoms with Crippen molar-refractivity contribution in [3.8, 4) is 22.5 Å². The maximum absolute atomic E-state index is 14.7. The Hall–Kier alpha value is -2.80. The first kappa shape index (κ1) is 22.4. The number of hydrogen-bond acceptors (Lipinski definition) is 3.